The fraction of sp³-hybridized carbons (Fsp3) is 0.860. The van der Waals surface area contributed by atoms with Gasteiger partial charge in [0.15, 0.2) is 5.96 Å². The van der Waals surface area contributed by atoms with Crippen molar-refractivity contribution < 1.29 is 14.3 Å². The molecule has 3 fully saturated rings. The molecule has 0 aromatic heterocycles. The summed E-state index contributed by atoms with van der Waals surface area (Å²) in [5.41, 5.74) is 20.6. The Kier molecular flexibility index (Phi) is 17.5. The average Bonchev–Trinajstić information content (AvgIpc) is 3.46. The van der Waals surface area contributed by atoms with E-state index in [0.29, 0.717) is 50.3 Å². The van der Waals surface area contributed by atoms with Gasteiger partial charge in [-0.3, -0.25) is 14.8 Å². The van der Waals surface area contributed by atoms with Crippen molar-refractivity contribution >= 4 is 35.4 Å². The molecule has 2 amide bonds. The van der Waals surface area contributed by atoms with Crippen molar-refractivity contribution in [2.24, 2.45) is 67.6 Å². The Labute approximate surface area is 332 Å². The van der Waals surface area contributed by atoms with Crippen molar-refractivity contribution in [2.45, 2.75) is 150 Å². The summed E-state index contributed by atoms with van der Waals surface area (Å²) in [6, 6.07) is -0.591. The van der Waals surface area contributed by atoms with Gasteiger partial charge in [0.1, 0.15) is 6.10 Å². The fourth-order valence-electron chi connectivity index (χ4n) is 10.7. The highest BCUT2D eigenvalue weighted by Gasteiger charge is 2.58. The first-order chi connectivity index (χ1) is 25.7. The van der Waals surface area contributed by atoms with Gasteiger partial charge in [0.2, 0.25) is 5.91 Å². The highest BCUT2D eigenvalue weighted by atomic mass is 32.2. The van der Waals surface area contributed by atoms with Crippen LogP contribution >= 0.6 is 11.8 Å². The van der Waals surface area contributed by atoms with Crippen molar-refractivity contribution in [1.82, 2.24) is 10.2 Å². The normalized spacial score (nSPS) is 29.3. The van der Waals surface area contributed by atoms with Gasteiger partial charge < -0.3 is 32.2 Å². The molecule has 0 spiro atoms. The van der Waals surface area contributed by atoms with E-state index in [4.69, 9.17) is 21.9 Å². The minimum Gasteiger partial charge on any atom is -0.446 e. The molecule has 0 bridgehead atoms. The number of nitrogens with zero attached hydrogens (tertiary/aromatic N) is 3. The van der Waals surface area contributed by atoms with Crippen LogP contribution < -0.4 is 22.5 Å². The van der Waals surface area contributed by atoms with Crippen molar-refractivity contribution in [3.63, 3.8) is 0 Å². The van der Waals surface area contributed by atoms with Crippen LogP contribution in [0.3, 0.4) is 0 Å². The van der Waals surface area contributed by atoms with Crippen LogP contribution in [0.2, 0.25) is 0 Å². The van der Waals surface area contributed by atoms with E-state index < -0.39 is 6.04 Å². The van der Waals surface area contributed by atoms with Gasteiger partial charge in [-0.15, -0.1) is 0 Å². The minimum absolute atomic E-state index is 0.0463. The Morgan fingerprint density at radius 3 is 2.43 bits per heavy atom. The predicted octanol–water partition coefficient (Wildman–Crippen LogP) is 7.69. The molecule has 0 heterocycles. The lowest BCUT2D eigenvalue weighted by atomic mass is 9.47. The molecule has 54 heavy (non-hydrogen) atoms. The summed E-state index contributed by atoms with van der Waals surface area (Å²) in [7, 11) is 0. The zero-order chi connectivity index (χ0) is 39.3. The molecule has 0 aliphatic heterocycles. The zero-order valence-corrected chi connectivity index (χ0v) is 35.7. The van der Waals surface area contributed by atoms with Crippen molar-refractivity contribution in [3.8, 4) is 0 Å². The Hall–Kier alpha value is -2.27. The SMILES string of the molecule is CC(C)=NCCCN(CCCN=C(N)N)C(=O)C(N)CSCCCNC(=O)OC1CCC2(C)C(=CCC3C2CCC2(C)C(CCCCC(C)C)CCC32)C1. The number of thioether (sulfide) groups is 1. The lowest BCUT2D eigenvalue weighted by Crippen LogP contribution is -2.50. The van der Waals surface area contributed by atoms with Crippen molar-refractivity contribution in [3.05, 3.63) is 11.6 Å². The summed E-state index contributed by atoms with van der Waals surface area (Å²) in [5, 5.41) is 2.98. The fourth-order valence-corrected chi connectivity index (χ4v) is 11.6. The molecule has 0 saturated heterocycles. The average molecular weight is 772 g/mol. The van der Waals surface area contributed by atoms with E-state index in [0.717, 1.165) is 73.2 Å². The highest BCUT2D eigenvalue weighted by Crippen LogP contribution is 2.66. The van der Waals surface area contributed by atoms with Crippen LogP contribution in [-0.2, 0) is 9.53 Å². The number of hydrogen-bond donors (Lipinski definition) is 4. The van der Waals surface area contributed by atoms with Crippen LogP contribution in [0.1, 0.15) is 138 Å². The Balaban J connectivity index is 1.15. The Morgan fingerprint density at radius 1 is 0.981 bits per heavy atom. The summed E-state index contributed by atoms with van der Waals surface area (Å²) in [4.78, 5) is 36.3. The lowest BCUT2D eigenvalue weighted by Gasteiger charge is -2.58. The molecule has 0 aromatic carbocycles. The van der Waals surface area contributed by atoms with Gasteiger partial charge in [-0.1, -0.05) is 58.6 Å². The van der Waals surface area contributed by atoms with E-state index >= 15 is 0 Å². The largest absolute Gasteiger partial charge is 0.446 e. The number of guanidine groups is 1. The molecule has 4 rings (SSSR count). The van der Waals surface area contributed by atoms with Gasteiger partial charge in [0, 0.05) is 50.6 Å². The molecule has 7 N–H and O–H groups in total. The standard InChI is InChI=1S/C43H77N7O3S/c1-30(2)12-7-8-13-32-15-17-36-35-16-14-33-28-34(18-20-43(33,6)37(35)19-21-42(32,36)5)53-41(52)49-24-11-27-54-29-38(44)39(51)50(25-9-22-47-31(3)4)26-10-23-48-40(45)46/h14,30,32,34-38H,7-13,15-29,44H2,1-6H3,(H,49,52)(H4,45,46,48). The second kappa shape index (κ2) is 21.3. The zero-order valence-electron chi connectivity index (χ0n) is 34.9. The third-order valence-corrected chi connectivity index (χ3v) is 14.8. The molecule has 11 heteroatoms. The van der Waals surface area contributed by atoms with Gasteiger partial charge in [-0.25, -0.2) is 4.79 Å². The predicted molar refractivity (Wildman–Crippen MR) is 227 cm³/mol. The third kappa shape index (κ3) is 12.4. The molecule has 10 nitrogen and oxygen atoms in total. The summed E-state index contributed by atoms with van der Waals surface area (Å²) in [6.07, 6.45) is 19.9. The number of carbonyl (C=O) groups is 2. The minimum atomic E-state index is -0.591. The second-order valence-corrected chi connectivity index (χ2v) is 19.3. The molecular weight excluding hydrogens is 695 g/mol. The number of fused-ring (bicyclic) bond motifs is 5. The van der Waals surface area contributed by atoms with Crippen molar-refractivity contribution in [1.29, 1.82) is 0 Å². The van der Waals surface area contributed by atoms with Gasteiger partial charge in [0.25, 0.3) is 0 Å². The number of allylic oxidation sites excluding steroid dienone is 1. The number of amides is 2. The molecule has 0 aromatic rings. The number of nitrogens with one attached hydrogen (secondary N) is 1. The quantitative estimate of drug-likeness (QED) is 0.0403. The molecule has 0 radical (unpaired) electrons. The summed E-state index contributed by atoms with van der Waals surface area (Å²) in [6.45, 7) is 16.7. The molecule has 3 saturated carbocycles. The van der Waals surface area contributed by atoms with E-state index in [1.165, 1.54) is 57.8 Å². The van der Waals surface area contributed by atoms with E-state index in [1.807, 2.05) is 18.7 Å². The molecule has 308 valence electrons. The number of aliphatic imine (C=N–C) groups is 2. The van der Waals surface area contributed by atoms with E-state index in [1.54, 1.807) is 17.3 Å². The van der Waals surface area contributed by atoms with Crippen LogP contribution in [0.4, 0.5) is 4.79 Å². The molecule has 4 aliphatic carbocycles. The number of ether oxygens (including phenoxy) is 1. The first-order valence-corrected chi connectivity index (χ1v) is 22.7. The third-order valence-electron chi connectivity index (χ3n) is 13.7. The number of rotatable bonds is 21. The van der Waals surface area contributed by atoms with Crippen LogP contribution in [0.5, 0.6) is 0 Å². The number of nitrogens with two attached hydrogens (primary N) is 3. The van der Waals surface area contributed by atoms with Crippen LogP contribution in [0.25, 0.3) is 0 Å². The van der Waals surface area contributed by atoms with E-state index in [9.17, 15) is 9.59 Å². The maximum Gasteiger partial charge on any atom is 0.407 e. The number of carbonyl (C=O) groups excluding carboxylic acids is 2. The van der Waals surface area contributed by atoms with Gasteiger partial charge in [-0.05, 0) is 131 Å². The maximum atomic E-state index is 13.2. The smallest absolute Gasteiger partial charge is 0.407 e. The number of unbranched alkanes of at least 4 members (excludes halogenated alkanes) is 1. The second-order valence-electron chi connectivity index (χ2n) is 18.2. The highest BCUT2D eigenvalue weighted by molar-refractivity contribution is 7.99. The van der Waals surface area contributed by atoms with Crippen LogP contribution in [-0.4, -0.2) is 84.9 Å². The molecular formula is C43H77N7O3S. The topological polar surface area (TPSA) is 161 Å². The van der Waals surface area contributed by atoms with Crippen molar-refractivity contribution in [2.75, 3.05) is 44.2 Å². The van der Waals surface area contributed by atoms with Crippen LogP contribution in [0, 0.1) is 40.4 Å². The molecule has 8 atom stereocenters. The first-order valence-electron chi connectivity index (χ1n) is 21.5. The summed E-state index contributed by atoms with van der Waals surface area (Å²) in [5.74, 6) is 5.52. The molecule has 4 aliphatic rings. The lowest BCUT2D eigenvalue weighted by molar-refractivity contribution is -0.132. The molecule has 8 unspecified atom stereocenters. The van der Waals surface area contributed by atoms with Gasteiger partial charge in [-0.2, -0.15) is 11.8 Å². The summed E-state index contributed by atoms with van der Waals surface area (Å²) < 4.78 is 5.99. The Bertz CT molecular complexity index is 1270. The van der Waals surface area contributed by atoms with Gasteiger partial charge >= 0.3 is 6.09 Å². The van der Waals surface area contributed by atoms with Gasteiger partial charge in [0.05, 0.1) is 6.04 Å². The monoisotopic (exact) mass is 772 g/mol. The van der Waals surface area contributed by atoms with E-state index in [-0.39, 0.29) is 29.5 Å². The summed E-state index contributed by atoms with van der Waals surface area (Å²) >= 11 is 1.64. The number of alkyl carbamates (subject to hydrolysis) is 1. The first kappa shape index (κ1) is 44.4. The maximum absolute atomic E-state index is 13.2. The van der Waals surface area contributed by atoms with E-state index in [2.05, 4.69) is 49.1 Å². The Morgan fingerprint density at radius 2 is 1.72 bits per heavy atom. The van der Waals surface area contributed by atoms with Crippen LogP contribution in [0.15, 0.2) is 21.6 Å². The number of hydrogen-bond acceptors (Lipinski definition) is 7.